The van der Waals surface area contributed by atoms with Crippen molar-refractivity contribution in [3.05, 3.63) is 10.6 Å². The van der Waals surface area contributed by atoms with Crippen molar-refractivity contribution in [1.29, 1.82) is 0 Å². The fourth-order valence-corrected chi connectivity index (χ4v) is 5.50. The van der Waals surface area contributed by atoms with Gasteiger partial charge >= 0.3 is 0 Å². The largest absolute Gasteiger partial charge is 0.481 e. The number of ether oxygens (including phenoxy) is 1. The van der Waals surface area contributed by atoms with Gasteiger partial charge in [-0.05, 0) is 12.8 Å². The van der Waals surface area contributed by atoms with Gasteiger partial charge in [0, 0.05) is 75.7 Å². The van der Waals surface area contributed by atoms with Crippen LogP contribution in [0.25, 0.3) is 0 Å². The SMILES string of the molecule is CC(=O)O.CC(=O)O.O=C(C1CCc2sc(N3CCOCC3)nc2C1)N1CC2(CNC2)C1. The summed E-state index contributed by atoms with van der Waals surface area (Å²) in [5.74, 6) is -1.17. The van der Waals surface area contributed by atoms with Crippen molar-refractivity contribution in [2.24, 2.45) is 11.3 Å². The highest BCUT2D eigenvalue weighted by Crippen LogP contribution is 2.38. The van der Waals surface area contributed by atoms with E-state index in [4.69, 9.17) is 29.5 Å². The number of carbonyl (C=O) groups excluding carboxylic acids is 1. The molecule has 1 spiro atoms. The molecule has 32 heavy (non-hydrogen) atoms. The number of aromatic nitrogens is 1. The van der Waals surface area contributed by atoms with Crippen LogP contribution in [0.3, 0.4) is 0 Å². The first-order valence-electron chi connectivity index (χ1n) is 10.9. The Morgan fingerprint density at radius 3 is 2.25 bits per heavy atom. The first-order chi connectivity index (χ1) is 15.2. The predicted octanol–water partition coefficient (Wildman–Crippen LogP) is 0.698. The normalized spacial score (nSPS) is 22.8. The van der Waals surface area contributed by atoms with Gasteiger partial charge in [0.15, 0.2) is 5.13 Å². The molecule has 0 saturated carbocycles. The molecule has 1 aliphatic carbocycles. The van der Waals surface area contributed by atoms with Crippen LogP contribution in [0.15, 0.2) is 0 Å². The van der Waals surface area contributed by atoms with Crippen LogP contribution >= 0.6 is 11.3 Å². The number of hydrogen-bond acceptors (Lipinski definition) is 8. The summed E-state index contributed by atoms with van der Waals surface area (Å²) in [6.07, 6.45) is 2.82. The highest BCUT2D eigenvalue weighted by atomic mass is 32.1. The summed E-state index contributed by atoms with van der Waals surface area (Å²) in [5, 5.41) is 19.3. The lowest BCUT2D eigenvalue weighted by atomic mass is 9.73. The van der Waals surface area contributed by atoms with Crippen molar-refractivity contribution in [2.75, 3.05) is 57.4 Å². The first kappa shape index (κ1) is 24.4. The number of likely N-dealkylation sites (tertiary alicyclic amines) is 1. The lowest BCUT2D eigenvalue weighted by Gasteiger charge is -2.56. The fourth-order valence-electron chi connectivity index (χ4n) is 4.35. The Bertz CT molecular complexity index is 806. The molecule has 10 nitrogen and oxygen atoms in total. The maximum Gasteiger partial charge on any atom is 0.300 e. The Hall–Kier alpha value is -2.24. The second-order valence-electron chi connectivity index (χ2n) is 8.74. The van der Waals surface area contributed by atoms with Gasteiger partial charge in [0.1, 0.15) is 0 Å². The molecule has 3 fully saturated rings. The van der Waals surface area contributed by atoms with Crippen molar-refractivity contribution < 1.29 is 29.3 Å². The average Bonchev–Trinajstić information content (AvgIpc) is 3.09. The number of anilines is 1. The van der Waals surface area contributed by atoms with Gasteiger partial charge in [-0.25, -0.2) is 4.98 Å². The third-order valence-electron chi connectivity index (χ3n) is 5.92. The zero-order valence-corrected chi connectivity index (χ0v) is 19.4. The fraction of sp³-hybridized carbons (Fsp3) is 0.714. The summed E-state index contributed by atoms with van der Waals surface area (Å²) >= 11 is 1.82. The van der Waals surface area contributed by atoms with Gasteiger partial charge in [-0.15, -0.1) is 11.3 Å². The molecule has 1 unspecified atom stereocenters. The topological polar surface area (TPSA) is 132 Å². The van der Waals surface area contributed by atoms with E-state index in [-0.39, 0.29) is 5.92 Å². The van der Waals surface area contributed by atoms with Crippen LogP contribution in [-0.4, -0.2) is 90.4 Å². The van der Waals surface area contributed by atoms with E-state index in [9.17, 15) is 4.79 Å². The minimum atomic E-state index is -0.833. The Kier molecular flexibility index (Phi) is 8.07. The van der Waals surface area contributed by atoms with E-state index in [1.165, 1.54) is 10.6 Å². The van der Waals surface area contributed by atoms with Crippen LogP contribution in [0.1, 0.15) is 30.8 Å². The number of aliphatic carboxylic acids is 2. The number of thiazole rings is 1. The molecule has 11 heteroatoms. The Balaban J connectivity index is 0.000000316. The Labute approximate surface area is 191 Å². The van der Waals surface area contributed by atoms with E-state index in [1.807, 2.05) is 11.3 Å². The van der Waals surface area contributed by atoms with Gasteiger partial charge < -0.3 is 30.1 Å². The highest BCUT2D eigenvalue weighted by molar-refractivity contribution is 7.15. The molecule has 4 heterocycles. The zero-order chi connectivity index (χ0) is 23.3. The van der Waals surface area contributed by atoms with Crippen LogP contribution in [0.5, 0.6) is 0 Å². The maximum absolute atomic E-state index is 12.8. The van der Waals surface area contributed by atoms with E-state index in [2.05, 4.69) is 15.1 Å². The highest BCUT2D eigenvalue weighted by Gasteiger charge is 2.50. The van der Waals surface area contributed by atoms with Crippen molar-refractivity contribution >= 4 is 34.3 Å². The molecule has 3 N–H and O–H groups in total. The van der Waals surface area contributed by atoms with Gasteiger partial charge in [0.05, 0.1) is 18.9 Å². The summed E-state index contributed by atoms with van der Waals surface area (Å²) in [7, 11) is 0. The number of aryl methyl sites for hydroxylation is 1. The molecule has 1 atom stereocenters. The van der Waals surface area contributed by atoms with Crippen LogP contribution in [-0.2, 0) is 32.0 Å². The molecule has 1 amide bonds. The van der Waals surface area contributed by atoms with Crippen molar-refractivity contribution in [2.45, 2.75) is 33.1 Å². The minimum absolute atomic E-state index is 0.141. The van der Waals surface area contributed by atoms with Crippen molar-refractivity contribution in [1.82, 2.24) is 15.2 Å². The number of carbonyl (C=O) groups is 3. The predicted molar refractivity (Wildman–Crippen MR) is 119 cm³/mol. The lowest BCUT2D eigenvalue weighted by molar-refractivity contribution is -0.151. The second-order valence-corrected chi connectivity index (χ2v) is 9.80. The van der Waals surface area contributed by atoms with Gasteiger partial charge in [0.2, 0.25) is 5.91 Å². The first-order valence-corrected chi connectivity index (χ1v) is 11.7. The number of nitrogens with one attached hydrogen (secondary N) is 1. The molecule has 1 aromatic heterocycles. The smallest absolute Gasteiger partial charge is 0.300 e. The molecule has 5 rings (SSSR count). The number of carboxylic acids is 2. The summed E-state index contributed by atoms with van der Waals surface area (Å²) < 4.78 is 5.43. The minimum Gasteiger partial charge on any atom is -0.481 e. The molecule has 0 radical (unpaired) electrons. The zero-order valence-electron chi connectivity index (χ0n) is 18.6. The van der Waals surface area contributed by atoms with Gasteiger partial charge in [-0.3, -0.25) is 14.4 Å². The average molecular weight is 469 g/mol. The quantitative estimate of drug-likeness (QED) is 0.574. The van der Waals surface area contributed by atoms with Crippen molar-refractivity contribution in [3.8, 4) is 0 Å². The van der Waals surface area contributed by atoms with Crippen LogP contribution in [0.4, 0.5) is 5.13 Å². The number of fused-ring (bicyclic) bond motifs is 1. The van der Waals surface area contributed by atoms with E-state index in [1.54, 1.807) is 0 Å². The van der Waals surface area contributed by atoms with Crippen molar-refractivity contribution in [3.63, 3.8) is 0 Å². The van der Waals surface area contributed by atoms with E-state index in [0.29, 0.717) is 11.3 Å². The second kappa shape index (κ2) is 10.6. The van der Waals surface area contributed by atoms with E-state index >= 15 is 0 Å². The van der Waals surface area contributed by atoms with Crippen LogP contribution in [0.2, 0.25) is 0 Å². The molecule has 0 aromatic carbocycles. The van der Waals surface area contributed by atoms with Gasteiger partial charge in [-0.2, -0.15) is 0 Å². The summed E-state index contributed by atoms with van der Waals surface area (Å²) in [5.41, 5.74) is 1.59. The number of hydrogen-bond donors (Lipinski definition) is 3. The van der Waals surface area contributed by atoms with Gasteiger partial charge in [-0.1, -0.05) is 0 Å². The third-order valence-corrected chi connectivity index (χ3v) is 7.14. The molecule has 178 valence electrons. The van der Waals surface area contributed by atoms with Crippen LogP contribution < -0.4 is 10.2 Å². The number of rotatable bonds is 2. The number of carboxylic acid groups (broad SMARTS) is 2. The molecule has 0 bridgehead atoms. The third kappa shape index (κ3) is 6.17. The molecular weight excluding hydrogens is 436 g/mol. The number of amides is 1. The van der Waals surface area contributed by atoms with Gasteiger partial charge in [0.25, 0.3) is 11.9 Å². The maximum atomic E-state index is 12.8. The Morgan fingerprint density at radius 2 is 1.72 bits per heavy atom. The molecular formula is C21H32N4O6S. The summed E-state index contributed by atoms with van der Waals surface area (Å²) in [6, 6.07) is 0. The molecule has 3 saturated heterocycles. The molecule has 1 aromatic rings. The standard InChI is InChI=1S/C17H24N4O2S.2C2H4O2/c22-15(21-10-17(11-21)8-18-9-17)12-1-2-14-13(7-12)19-16(24-14)20-3-5-23-6-4-20;2*1-2(3)4/h12,18H,1-11H2;2*1H3,(H,3,4). The lowest BCUT2D eigenvalue weighted by Crippen LogP contribution is -2.72. The van der Waals surface area contributed by atoms with E-state index < -0.39 is 11.9 Å². The van der Waals surface area contributed by atoms with E-state index in [0.717, 1.165) is 90.7 Å². The molecule has 4 aliphatic rings. The molecule has 3 aliphatic heterocycles. The summed E-state index contributed by atoms with van der Waals surface area (Å²) in [4.78, 5) is 41.4. The monoisotopic (exact) mass is 468 g/mol. The summed E-state index contributed by atoms with van der Waals surface area (Å²) in [6.45, 7) is 9.68. The number of morpholine rings is 1. The van der Waals surface area contributed by atoms with Crippen LogP contribution in [0, 0.1) is 11.3 Å². The number of nitrogens with zero attached hydrogens (tertiary/aromatic N) is 3. The Morgan fingerprint density at radius 1 is 1.12 bits per heavy atom.